The van der Waals surface area contributed by atoms with Crippen molar-refractivity contribution in [3.8, 4) is 0 Å². The molecule has 0 aliphatic rings. The number of hydrogen-bond acceptors (Lipinski definition) is 4. The zero-order valence-corrected chi connectivity index (χ0v) is 11.8. The van der Waals surface area contributed by atoms with Crippen molar-refractivity contribution < 1.29 is 0 Å². The fourth-order valence-corrected chi connectivity index (χ4v) is 2.61. The average Bonchev–Trinajstić information content (AvgIpc) is 2.36. The van der Waals surface area contributed by atoms with Gasteiger partial charge >= 0.3 is 0 Å². The fraction of sp³-hybridized carbons (Fsp3) is 0.615. The minimum atomic E-state index is 0.459. The fourth-order valence-electron chi connectivity index (χ4n) is 1.53. The van der Waals surface area contributed by atoms with Gasteiger partial charge in [0.25, 0.3) is 0 Å². The topological polar surface area (TPSA) is 50.9 Å². The maximum absolute atomic E-state index is 5.86. The first-order valence-corrected chi connectivity index (χ1v) is 7.20. The number of hydrogen-bond donors (Lipinski definition) is 2. The van der Waals surface area contributed by atoms with Gasteiger partial charge in [0, 0.05) is 23.2 Å². The first-order chi connectivity index (χ1) is 8.17. The minimum Gasteiger partial charge on any atom is -0.383 e. The average molecular weight is 253 g/mol. The molecule has 4 heteroatoms. The third-order valence-electron chi connectivity index (χ3n) is 2.96. The van der Waals surface area contributed by atoms with Crippen LogP contribution in [0.3, 0.4) is 0 Å². The third kappa shape index (κ3) is 4.96. The van der Waals surface area contributed by atoms with Crippen LogP contribution in [0.1, 0.15) is 25.8 Å². The van der Waals surface area contributed by atoms with Crippen LogP contribution in [0.2, 0.25) is 0 Å². The van der Waals surface area contributed by atoms with Crippen molar-refractivity contribution in [3.05, 3.63) is 23.9 Å². The Morgan fingerprint density at radius 3 is 2.88 bits per heavy atom. The van der Waals surface area contributed by atoms with E-state index < -0.39 is 0 Å². The van der Waals surface area contributed by atoms with E-state index >= 15 is 0 Å². The Bertz CT molecular complexity index is 330. The third-order valence-corrected chi connectivity index (χ3v) is 4.45. The summed E-state index contributed by atoms with van der Waals surface area (Å²) in [6.07, 6.45) is 3.90. The number of rotatable bonds is 7. The van der Waals surface area contributed by atoms with Crippen LogP contribution in [-0.2, 0) is 6.42 Å². The molecule has 0 spiro atoms. The first kappa shape index (κ1) is 14.3. The summed E-state index contributed by atoms with van der Waals surface area (Å²) in [5.74, 6) is 1.76. The molecule has 1 aromatic rings. The van der Waals surface area contributed by atoms with E-state index in [9.17, 15) is 0 Å². The molecular formula is C13H23N3S. The number of nitrogens with two attached hydrogens (primary N) is 1. The van der Waals surface area contributed by atoms with Crippen molar-refractivity contribution in [2.45, 2.75) is 38.0 Å². The molecule has 17 heavy (non-hydrogen) atoms. The maximum atomic E-state index is 5.86. The van der Waals surface area contributed by atoms with Crippen LogP contribution >= 0.6 is 11.8 Å². The number of nitrogen functional groups attached to an aromatic ring is 1. The SMILES string of the molecule is CCC(C)SCC(Cc1cccnc1N)NC. The molecule has 0 aromatic carbocycles. The lowest BCUT2D eigenvalue weighted by Gasteiger charge is -2.18. The van der Waals surface area contributed by atoms with Crippen molar-refractivity contribution in [1.82, 2.24) is 10.3 Å². The van der Waals surface area contributed by atoms with Crippen molar-refractivity contribution in [2.24, 2.45) is 0 Å². The van der Waals surface area contributed by atoms with Gasteiger partial charge in [-0.05, 0) is 31.5 Å². The van der Waals surface area contributed by atoms with Gasteiger partial charge in [0.15, 0.2) is 0 Å². The van der Waals surface area contributed by atoms with Gasteiger partial charge in [0.05, 0.1) is 0 Å². The molecule has 0 fully saturated rings. The molecule has 1 heterocycles. The lowest BCUT2D eigenvalue weighted by molar-refractivity contribution is 0.616. The van der Waals surface area contributed by atoms with Crippen LogP contribution < -0.4 is 11.1 Å². The summed E-state index contributed by atoms with van der Waals surface area (Å²) in [7, 11) is 2.01. The first-order valence-electron chi connectivity index (χ1n) is 6.15. The molecule has 2 unspecified atom stereocenters. The zero-order chi connectivity index (χ0) is 12.7. The summed E-state index contributed by atoms with van der Waals surface area (Å²) >= 11 is 2.01. The molecule has 2 atom stereocenters. The molecular weight excluding hydrogens is 230 g/mol. The van der Waals surface area contributed by atoms with E-state index in [-0.39, 0.29) is 0 Å². The molecule has 0 aliphatic carbocycles. The van der Waals surface area contributed by atoms with Crippen LogP contribution in [0.15, 0.2) is 18.3 Å². The molecule has 0 radical (unpaired) electrons. The molecule has 0 bridgehead atoms. The molecule has 0 saturated heterocycles. The second kappa shape index (κ2) is 7.56. The molecule has 96 valence electrons. The Kier molecular flexibility index (Phi) is 6.37. The smallest absolute Gasteiger partial charge is 0.126 e. The van der Waals surface area contributed by atoms with Gasteiger partial charge in [0.1, 0.15) is 5.82 Å². The zero-order valence-electron chi connectivity index (χ0n) is 10.9. The largest absolute Gasteiger partial charge is 0.383 e. The van der Waals surface area contributed by atoms with E-state index in [1.807, 2.05) is 24.9 Å². The number of pyridine rings is 1. The summed E-state index contributed by atoms with van der Waals surface area (Å²) in [6, 6.07) is 4.46. The number of thioether (sulfide) groups is 1. The number of nitrogens with one attached hydrogen (secondary N) is 1. The van der Waals surface area contributed by atoms with Gasteiger partial charge in [-0.15, -0.1) is 0 Å². The Balaban J connectivity index is 2.49. The molecule has 0 aliphatic heterocycles. The van der Waals surface area contributed by atoms with Crippen molar-refractivity contribution in [3.63, 3.8) is 0 Å². The van der Waals surface area contributed by atoms with Crippen molar-refractivity contribution >= 4 is 17.6 Å². The van der Waals surface area contributed by atoms with Crippen LogP contribution in [0.4, 0.5) is 5.82 Å². The molecule has 0 amide bonds. The van der Waals surface area contributed by atoms with Gasteiger partial charge in [0.2, 0.25) is 0 Å². The summed E-state index contributed by atoms with van der Waals surface area (Å²) in [6.45, 7) is 4.50. The summed E-state index contributed by atoms with van der Waals surface area (Å²) in [5, 5.41) is 4.07. The predicted molar refractivity (Wildman–Crippen MR) is 77.4 cm³/mol. The van der Waals surface area contributed by atoms with E-state index in [0.29, 0.717) is 11.9 Å². The normalized spacial score (nSPS) is 14.5. The van der Waals surface area contributed by atoms with Crippen molar-refractivity contribution in [2.75, 3.05) is 18.5 Å². The van der Waals surface area contributed by atoms with Gasteiger partial charge < -0.3 is 11.1 Å². The van der Waals surface area contributed by atoms with E-state index in [1.165, 1.54) is 6.42 Å². The monoisotopic (exact) mass is 253 g/mol. The van der Waals surface area contributed by atoms with E-state index in [4.69, 9.17) is 5.73 Å². The van der Waals surface area contributed by atoms with Crippen LogP contribution in [0.25, 0.3) is 0 Å². The quantitative estimate of drug-likeness (QED) is 0.783. The van der Waals surface area contributed by atoms with E-state index in [2.05, 4.69) is 30.2 Å². The lowest BCUT2D eigenvalue weighted by Crippen LogP contribution is -2.31. The van der Waals surface area contributed by atoms with Crippen molar-refractivity contribution in [1.29, 1.82) is 0 Å². The number of anilines is 1. The summed E-state index contributed by atoms with van der Waals surface area (Å²) < 4.78 is 0. The Hall–Kier alpha value is -0.740. The standard InChI is InChI=1S/C13H23N3S/c1-4-10(2)17-9-12(15-3)8-11-6-5-7-16-13(11)14/h5-7,10,12,15H,4,8-9H2,1-3H3,(H2,14,16). The van der Waals surface area contributed by atoms with E-state index in [1.54, 1.807) is 6.20 Å². The molecule has 3 nitrogen and oxygen atoms in total. The van der Waals surface area contributed by atoms with Crippen LogP contribution in [-0.4, -0.2) is 29.1 Å². The molecule has 0 saturated carbocycles. The van der Waals surface area contributed by atoms with Gasteiger partial charge in [-0.1, -0.05) is 19.9 Å². The van der Waals surface area contributed by atoms with Crippen LogP contribution in [0.5, 0.6) is 0 Å². The second-order valence-corrected chi connectivity index (χ2v) is 5.76. The van der Waals surface area contributed by atoms with Crippen LogP contribution in [0, 0.1) is 0 Å². The summed E-state index contributed by atoms with van der Waals surface area (Å²) in [4.78, 5) is 4.12. The predicted octanol–water partition coefficient (Wildman–Crippen LogP) is 2.33. The highest BCUT2D eigenvalue weighted by Gasteiger charge is 2.11. The van der Waals surface area contributed by atoms with E-state index in [0.717, 1.165) is 23.0 Å². The number of likely N-dealkylation sites (N-methyl/N-ethyl adjacent to an activating group) is 1. The van der Waals surface area contributed by atoms with Gasteiger partial charge in [-0.25, -0.2) is 4.98 Å². The number of nitrogens with zero attached hydrogens (tertiary/aromatic N) is 1. The minimum absolute atomic E-state index is 0.459. The molecule has 1 aromatic heterocycles. The maximum Gasteiger partial charge on any atom is 0.126 e. The highest BCUT2D eigenvalue weighted by molar-refractivity contribution is 7.99. The molecule has 1 rings (SSSR count). The highest BCUT2D eigenvalue weighted by Crippen LogP contribution is 2.17. The second-order valence-electron chi connectivity index (χ2n) is 4.29. The highest BCUT2D eigenvalue weighted by atomic mass is 32.2. The summed E-state index contributed by atoms with van der Waals surface area (Å²) in [5.41, 5.74) is 7.00. The lowest BCUT2D eigenvalue weighted by atomic mass is 10.1. The Labute approximate surface area is 109 Å². The Morgan fingerprint density at radius 1 is 1.53 bits per heavy atom. The van der Waals surface area contributed by atoms with Gasteiger partial charge in [-0.2, -0.15) is 11.8 Å². The molecule has 3 N–H and O–H groups in total. The number of aromatic nitrogens is 1. The Morgan fingerprint density at radius 2 is 2.29 bits per heavy atom. The van der Waals surface area contributed by atoms with Gasteiger partial charge in [-0.3, -0.25) is 0 Å².